The van der Waals surface area contributed by atoms with Gasteiger partial charge in [0.05, 0.1) is 16.1 Å². The minimum atomic E-state index is -0.194. The van der Waals surface area contributed by atoms with Crippen LogP contribution < -0.4 is 10.1 Å². The summed E-state index contributed by atoms with van der Waals surface area (Å²) in [5, 5.41) is 8.83. The van der Waals surface area contributed by atoms with E-state index in [2.05, 4.69) is 22.3 Å². The van der Waals surface area contributed by atoms with E-state index < -0.39 is 0 Å². The third kappa shape index (κ3) is 5.21. The van der Waals surface area contributed by atoms with Gasteiger partial charge in [-0.1, -0.05) is 29.1 Å². The number of rotatable bonds is 5. The third-order valence-corrected chi connectivity index (χ3v) is 5.44. The Morgan fingerprint density at radius 1 is 1.10 bits per heavy atom. The molecule has 1 N–H and O–H groups in total. The molecule has 5 nitrogen and oxygen atoms in total. The van der Waals surface area contributed by atoms with Crippen molar-refractivity contribution < 1.29 is 14.1 Å². The molecule has 0 saturated heterocycles. The number of thiophene rings is 1. The lowest BCUT2D eigenvalue weighted by Crippen LogP contribution is -2.11. The van der Waals surface area contributed by atoms with Gasteiger partial charge in [0.25, 0.3) is 5.91 Å². The van der Waals surface area contributed by atoms with E-state index in [0.29, 0.717) is 23.6 Å². The van der Waals surface area contributed by atoms with E-state index in [1.165, 1.54) is 0 Å². The molecular weight excluding hydrogens is 408 g/mol. The summed E-state index contributed by atoms with van der Waals surface area (Å²) in [6.07, 6.45) is 0. The smallest absolute Gasteiger partial charge is 0.255 e. The number of nitrogens with zero attached hydrogens (tertiary/aromatic N) is 1. The summed E-state index contributed by atoms with van der Waals surface area (Å²) < 4.78 is 10.9. The van der Waals surface area contributed by atoms with Crippen molar-refractivity contribution >= 4 is 22.9 Å². The number of nitrogens with one attached hydrogen (secondary N) is 1. The Balaban J connectivity index is 1.38. The molecule has 154 valence electrons. The first-order valence-electron chi connectivity index (χ1n) is 9.70. The number of benzene rings is 2. The molecule has 2 aromatic carbocycles. The zero-order valence-electron chi connectivity index (χ0n) is 17.1. The fraction of sp³-hybridized carbons (Fsp3) is 0.120. The van der Waals surface area contributed by atoms with E-state index in [0.717, 1.165) is 27.5 Å². The molecule has 0 unspecified atom stereocenters. The van der Waals surface area contributed by atoms with Crippen molar-refractivity contribution in [3.05, 3.63) is 99.1 Å². The topological polar surface area (TPSA) is 64.4 Å². The largest absolute Gasteiger partial charge is 0.489 e. The SMILES string of the molecule is Cc1noc(C)c1COc1ccc(C(=O)Nc2cccc(C#Cc3cccs3)c2)cc1. The van der Waals surface area contributed by atoms with Gasteiger partial charge in [-0.3, -0.25) is 4.79 Å². The first-order valence-corrected chi connectivity index (χ1v) is 10.6. The number of anilines is 1. The van der Waals surface area contributed by atoms with E-state index in [4.69, 9.17) is 9.26 Å². The van der Waals surface area contributed by atoms with Gasteiger partial charge < -0.3 is 14.6 Å². The fourth-order valence-corrected chi connectivity index (χ4v) is 3.50. The molecule has 0 spiro atoms. The van der Waals surface area contributed by atoms with Gasteiger partial charge in [0.2, 0.25) is 0 Å². The average Bonchev–Trinajstić information content (AvgIpc) is 3.41. The highest BCUT2D eigenvalue weighted by atomic mass is 32.1. The summed E-state index contributed by atoms with van der Waals surface area (Å²) >= 11 is 1.60. The van der Waals surface area contributed by atoms with Crippen LogP contribution in [0.3, 0.4) is 0 Å². The fourth-order valence-electron chi connectivity index (χ4n) is 2.93. The quantitative estimate of drug-likeness (QED) is 0.421. The highest BCUT2D eigenvalue weighted by Crippen LogP contribution is 2.19. The minimum absolute atomic E-state index is 0.194. The first kappa shape index (κ1) is 20.5. The van der Waals surface area contributed by atoms with Crippen molar-refractivity contribution in [2.24, 2.45) is 0 Å². The van der Waals surface area contributed by atoms with Crippen LogP contribution >= 0.6 is 11.3 Å². The maximum atomic E-state index is 12.6. The van der Waals surface area contributed by atoms with Gasteiger partial charge >= 0.3 is 0 Å². The number of carbonyl (C=O) groups is 1. The van der Waals surface area contributed by atoms with Crippen LogP contribution in [0.2, 0.25) is 0 Å². The average molecular weight is 429 g/mol. The summed E-state index contributed by atoms with van der Waals surface area (Å²) in [6.45, 7) is 4.10. The molecule has 0 bridgehead atoms. The molecule has 31 heavy (non-hydrogen) atoms. The lowest BCUT2D eigenvalue weighted by molar-refractivity contribution is 0.102. The highest BCUT2D eigenvalue weighted by molar-refractivity contribution is 7.10. The van der Waals surface area contributed by atoms with Crippen LogP contribution in [0.4, 0.5) is 5.69 Å². The minimum Gasteiger partial charge on any atom is -0.489 e. The number of ether oxygens (including phenoxy) is 1. The summed E-state index contributed by atoms with van der Waals surface area (Å²) in [5.41, 5.74) is 3.83. The van der Waals surface area contributed by atoms with Crippen molar-refractivity contribution in [2.45, 2.75) is 20.5 Å². The number of carbonyl (C=O) groups excluding carboxylic acids is 1. The molecule has 0 aliphatic heterocycles. The van der Waals surface area contributed by atoms with Crippen LogP contribution in [0, 0.1) is 25.7 Å². The zero-order chi connectivity index (χ0) is 21.6. The molecular formula is C25H20N2O3S. The van der Waals surface area contributed by atoms with Crippen LogP contribution in [0.5, 0.6) is 5.75 Å². The molecule has 0 radical (unpaired) electrons. The Kier molecular flexibility index (Phi) is 6.16. The van der Waals surface area contributed by atoms with E-state index in [-0.39, 0.29) is 5.91 Å². The van der Waals surface area contributed by atoms with Gasteiger partial charge in [0, 0.05) is 16.8 Å². The second-order valence-electron chi connectivity index (χ2n) is 6.88. The highest BCUT2D eigenvalue weighted by Gasteiger charge is 2.10. The molecule has 4 aromatic rings. The number of aryl methyl sites for hydroxylation is 2. The standard InChI is InChI=1S/C25H20N2O3S/c1-17-24(18(2)30-27-17)16-29-22-11-9-20(10-12-22)25(28)26-21-6-3-5-19(15-21)8-13-23-7-4-14-31-23/h3-7,9-12,14-15H,16H2,1-2H3,(H,26,28). The van der Waals surface area contributed by atoms with Crippen LogP contribution in [-0.4, -0.2) is 11.1 Å². The zero-order valence-corrected chi connectivity index (χ0v) is 18.0. The summed E-state index contributed by atoms with van der Waals surface area (Å²) in [5.74, 6) is 7.46. The molecule has 0 saturated carbocycles. The number of hydrogen-bond acceptors (Lipinski definition) is 5. The Morgan fingerprint density at radius 2 is 1.94 bits per heavy atom. The number of hydrogen-bond donors (Lipinski definition) is 1. The van der Waals surface area contributed by atoms with Crippen LogP contribution in [0.25, 0.3) is 0 Å². The van der Waals surface area contributed by atoms with Crippen LogP contribution in [-0.2, 0) is 6.61 Å². The molecule has 0 aliphatic rings. The lowest BCUT2D eigenvalue weighted by atomic mass is 10.1. The van der Waals surface area contributed by atoms with Gasteiger partial charge in [0.15, 0.2) is 0 Å². The van der Waals surface area contributed by atoms with Gasteiger partial charge in [-0.05, 0) is 67.8 Å². The normalized spacial score (nSPS) is 10.3. The van der Waals surface area contributed by atoms with Gasteiger partial charge in [0.1, 0.15) is 18.1 Å². The molecule has 0 aliphatic carbocycles. The van der Waals surface area contributed by atoms with E-state index in [1.54, 1.807) is 35.6 Å². The maximum absolute atomic E-state index is 12.6. The Hall–Kier alpha value is -3.82. The molecule has 0 atom stereocenters. The van der Waals surface area contributed by atoms with Gasteiger partial charge in [-0.15, -0.1) is 11.3 Å². The van der Waals surface area contributed by atoms with Crippen LogP contribution in [0.1, 0.15) is 37.8 Å². The third-order valence-electron chi connectivity index (χ3n) is 4.65. The molecule has 4 rings (SSSR count). The predicted molar refractivity (Wildman–Crippen MR) is 121 cm³/mol. The number of amides is 1. The second-order valence-corrected chi connectivity index (χ2v) is 7.83. The van der Waals surface area contributed by atoms with Crippen molar-refractivity contribution in [2.75, 3.05) is 5.32 Å². The molecule has 6 heteroatoms. The Bertz CT molecular complexity index is 1230. The molecule has 0 fully saturated rings. The summed E-state index contributed by atoms with van der Waals surface area (Å²) in [4.78, 5) is 13.6. The number of aromatic nitrogens is 1. The van der Waals surface area contributed by atoms with Crippen molar-refractivity contribution in [1.82, 2.24) is 5.16 Å². The maximum Gasteiger partial charge on any atom is 0.255 e. The Morgan fingerprint density at radius 3 is 2.65 bits per heavy atom. The monoisotopic (exact) mass is 428 g/mol. The van der Waals surface area contributed by atoms with Crippen molar-refractivity contribution in [3.8, 4) is 17.6 Å². The van der Waals surface area contributed by atoms with Gasteiger partial charge in [-0.2, -0.15) is 0 Å². The summed E-state index contributed by atoms with van der Waals surface area (Å²) in [7, 11) is 0. The van der Waals surface area contributed by atoms with E-state index in [9.17, 15) is 4.79 Å². The lowest BCUT2D eigenvalue weighted by Gasteiger charge is -2.08. The van der Waals surface area contributed by atoms with Crippen molar-refractivity contribution in [3.63, 3.8) is 0 Å². The summed E-state index contributed by atoms with van der Waals surface area (Å²) in [6, 6.07) is 18.5. The van der Waals surface area contributed by atoms with Gasteiger partial charge in [-0.25, -0.2) is 0 Å². The molecule has 2 heterocycles. The van der Waals surface area contributed by atoms with Crippen molar-refractivity contribution in [1.29, 1.82) is 0 Å². The van der Waals surface area contributed by atoms with Crippen LogP contribution in [0.15, 0.2) is 70.6 Å². The second kappa shape index (κ2) is 9.33. The predicted octanol–water partition coefficient (Wildman–Crippen LogP) is 5.58. The van der Waals surface area contributed by atoms with E-state index in [1.807, 2.05) is 55.6 Å². The first-order chi connectivity index (χ1) is 15.1. The molecule has 1 amide bonds. The molecule has 2 aromatic heterocycles. The Labute approximate surface area is 184 Å². The van der Waals surface area contributed by atoms with E-state index >= 15 is 0 Å².